The lowest BCUT2D eigenvalue weighted by molar-refractivity contribution is -0.385. The average Bonchev–Trinajstić information content (AvgIpc) is 2.81. The monoisotopic (exact) mass is 297 g/mol. The fourth-order valence-corrected chi connectivity index (χ4v) is 2.86. The second-order valence-electron chi connectivity index (χ2n) is 5.25. The second kappa shape index (κ2) is 6.17. The predicted octanol–water partition coefficient (Wildman–Crippen LogP) is 2.81. The van der Waals surface area contributed by atoms with E-state index in [1.165, 1.54) is 18.7 Å². The zero-order valence-electron chi connectivity index (χ0n) is 11.1. The fourth-order valence-electron chi connectivity index (χ4n) is 2.63. The number of nitro groups is 1. The SMILES string of the molecule is CC1CCC(CNC(=O)c2ccnc(Cl)c2[N+](=O)[O-])C1. The van der Waals surface area contributed by atoms with E-state index in [4.69, 9.17) is 11.6 Å². The van der Waals surface area contributed by atoms with Crippen LogP contribution in [0, 0.1) is 22.0 Å². The number of aromatic nitrogens is 1. The highest BCUT2D eigenvalue weighted by Gasteiger charge is 2.26. The van der Waals surface area contributed by atoms with Gasteiger partial charge in [0.05, 0.1) is 4.92 Å². The highest BCUT2D eigenvalue weighted by molar-refractivity contribution is 6.32. The van der Waals surface area contributed by atoms with Crippen LogP contribution in [-0.4, -0.2) is 22.4 Å². The van der Waals surface area contributed by atoms with Gasteiger partial charge in [0.1, 0.15) is 5.56 Å². The van der Waals surface area contributed by atoms with Crippen molar-refractivity contribution in [2.75, 3.05) is 6.54 Å². The molecule has 0 saturated heterocycles. The van der Waals surface area contributed by atoms with Gasteiger partial charge in [-0.2, -0.15) is 0 Å². The summed E-state index contributed by atoms with van der Waals surface area (Å²) in [5.74, 6) is 0.660. The molecule has 1 aromatic heterocycles. The molecule has 0 aromatic carbocycles. The van der Waals surface area contributed by atoms with Crippen LogP contribution < -0.4 is 5.32 Å². The number of hydrogen-bond acceptors (Lipinski definition) is 4. The first-order valence-corrected chi connectivity index (χ1v) is 6.94. The van der Waals surface area contributed by atoms with Crippen LogP contribution in [0.4, 0.5) is 5.69 Å². The minimum atomic E-state index is -0.679. The first-order chi connectivity index (χ1) is 9.49. The van der Waals surface area contributed by atoms with Gasteiger partial charge in [0.25, 0.3) is 5.91 Å². The van der Waals surface area contributed by atoms with Gasteiger partial charge in [-0.1, -0.05) is 24.9 Å². The summed E-state index contributed by atoms with van der Waals surface area (Å²) in [6.45, 7) is 2.73. The first kappa shape index (κ1) is 14.7. The van der Waals surface area contributed by atoms with E-state index in [0.29, 0.717) is 18.4 Å². The van der Waals surface area contributed by atoms with Crippen LogP contribution in [0.1, 0.15) is 36.5 Å². The molecule has 108 valence electrons. The molecule has 2 unspecified atom stereocenters. The highest BCUT2D eigenvalue weighted by atomic mass is 35.5. The number of hydrogen-bond donors (Lipinski definition) is 1. The number of carbonyl (C=O) groups excluding carboxylic acids is 1. The smallest absolute Gasteiger partial charge is 0.319 e. The van der Waals surface area contributed by atoms with E-state index in [2.05, 4.69) is 17.2 Å². The van der Waals surface area contributed by atoms with Gasteiger partial charge in [0.15, 0.2) is 0 Å². The van der Waals surface area contributed by atoms with E-state index in [1.54, 1.807) is 0 Å². The maximum absolute atomic E-state index is 12.1. The van der Waals surface area contributed by atoms with E-state index >= 15 is 0 Å². The molecule has 7 heteroatoms. The molecule has 2 atom stereocenters. The number of carbonyl (C=O) groups is 1. The van der Waals surface area contributed by atoms with E-state index < -0.39 is 16.5 Å². The quantitative estimate of drug-likeness (QED) is 0.526. The van der Waals surface area contributed by atoms with Crippen molar-refractivity contribution in [1.82, 2.24) is 10.3 Å². The summed E-state index contributed by atoms with van der Waals surface area (Å²) in [7, 11) is 0. The Labute approximate surface area is 121 Å². The number of rotatable bonds is 4. The molecule has 1 aliphatic rings. The van der Waals surface area contributed by atoms with Crippen molar-refractivity contribution in [3.63, 3.8) is 0 Å². The van der Waals surface area contributed by atoms with Crippen molar-refractivity contribution in [2.45, 2.75) is 26.2 Å². The van der Waals surface area contributed by atoms with Crippen molar-refractivity contribution in [1.29, 1.82) is 0 Å². The fraction of sp³-hybridized carbons (Fsp3) is 0.538. The molecule has 20 heavy (non-hydrogen) atoms. The molecule has 1 aliphatic carbocycles. The Morgan fingerprint density at radius 3 is 2.95 bits per heavy atom. The molecule has 0 spiro atoms. The van der Waals surface area contributed by atoms with Crippen LogP contribution >= 0.6 is 11.6 Å². The van der Waals surface area contributed by atoms with Crippen molar-refractivity contribution in [3.05, 3.63) is 33.1 Å². The molecule has 0 radical (unpaired) electrons. The minimum absolute atomic E-state index is 0.0407. The Balaban J connectivity index is 2.06. The molecule has 0 aliphatic heterocycles. The molecular weight excluding hydrogens is 282 g/mol. The molecule has 1 saturated carbocycles. The van der Waals surface area contributed by atoms with E-state index in [0.717, 1.165) is 12.8 Å². The van der Waals surface area contributed by atoms with E-state index in [1.807, 2.05) is 0 Å². The van der Waals surface area contributed by atoms with Gasteiger partial charge in [-0.25, -0.2) is 4.98 Å². The third kappa shape index (κ3) is 3.25. The van der Waals surface area contributed by atoms with Crippen LogP contribution in [0.3, 0.4) is 0 Å². The first-order valence-electron chi connectivity index (χ1n) is 6.56. The number of nitrogens with one attached hydrogen (secondary N) is 1. The van der Waals surface area contributed by atoms with Gasteiger partial charge in [-0.05, 0) is 30.7 Å². The van der Waals surface area contributed by atoms with Gasteiger partial charge >= 0.3 is 5.69 Å². The standard InChI is InChI=1S/C13H16ClN3O3/c1-8-2-3-9(6-8)7-16-13(18)10-4-5-15-12(14)11(10)17(19)20/h4-5,8-9H,2-3,6-7H2,1H3,(H,16,18). The van der Waals surface area contributed by atoms with Crippen molar-refractivity contribution >= 4 is 23.2 Å². The molecule has 0 bridgehead atoms. The highest BCUT2D eigenvalue weighted by Crippen LogP contribution is 2.30. The average molecular weight is 298 g/mol. The lowest BCUT2D eigenvalue weighted by atomic mass is 10.1. The molecule has 1 amide bonds. The van der Waals surface area contributed by atoms with E-state index in [-0.39, 0.29) is 10.7 Å². The molecule has 1 aromatic rings. The maximum Gasteiger partial charge on any atom is 0.319 e. The Morgan fingerprint density at radius 2 is 2.35 bits per heavy atom. The van der Waals surface area contributed by atoms with Crippen molar-refractivity contribution in [3.8, 4) is 0 Å². The molecule has 1 N–H and O–H groups in total. The third-order valence-electron chi connectivity index (χ3n) is 3.66. The summed E-state index contributed by atoms with van der Waals surface area (Å²) in [6.07, 6.45) is 4.63. The minimum Gasteiger partial charge on any atom is -0.352 e. The maximum atomic E-state index is 12.1. The van der Waals surface area contributed by atoms with Crippen LogP contribution in [0.5, 0.6) is 0 Å². The molecule has 6 nitrogen and oxygen atoms in total. The van der Waals surface area contributed by atoms with Gasteiger partial charge < -0.3 is 5.32 Å². The summed E-state index contributed by atoms with van der Waals surface area (Å²) < 4.78 is 0. The van der Waals surface area contributed by atoms with Gasteiger partial charge in [0, 0.05) is 12.7 Å². The normalized spacial score (nSPS) is 21.7. The number of nitrogens with zero attached hydrogens (tertiary/aromatic N) is 2. The zero-order chi connectivity index (χ0) is 14.7. The third-order valence-corrected chi connectivity index (χ3v) is 3.94. The summed E-state index contributed by atoms with van der Waals surface area (Å²) in [5, 5.41) is 13.4. The van der Waals surface area contributed by atoms with Crippen molar-refractivity contribution < 1.29 is 9.72 Å². The van der Waals surface area contributed by atoms with Crippen LogP contribution in [0.15, 0.2) is 12.3 Å². The summed E-state index contributed by atoms with van der Waals surface area (Å²) in [5.41, 5.74) is -0.479. The number of halogens is 1. The number of pyridine rings is 1. The molecule has 1 heterocycles. The Hall–Kier alpha value is -1.69. The lowest BCUT2D eigenvalue weighted by Crippen LogP contribution is -2.29. The Kier molecular flexibility index (Phi) is 4.54. The topological polar surface area (TPSA) is 85.1 Å². The molecule has 1 fully saturated rings. The van der Waals surface area contributed by atoms with E-state index in [9.17, 15) is 14.9 Å². The lowest BCUT2D eigenvalue weighted by Gasteiger charge is -2.11. The molecular formula is C13H16ClN3O3. The van der Waals surface area contributed by atoms with Crippen LogP contribution in [0.25, 0.3) is 0 Å². The second-order valence-corrected chi connectivity index (χ2v) is 5.61. The van der Waals surface area contributed by atoms with Gasteiger partial charge in [-0.15, -0.1) is 0 Å². The Morgan fingerprint density at radius 1 is 1.60 bits per heavy atom. The van der Waals surface area contributed by atoms with Crippen LogP contribution in [0.2, 0.25) is 5.15 Å². The number of amides is 1. The van der Waals surface area contributed by atoms with Crippen LogP contribution in [-0.2, 0) is 0 Å². The Bertz CT molecular complexity index is 536. The van der Waals surface area contributed by atoms with Gasteiger partial charge in [-0.3, -0.25) is 14.9 Å². The molecule has 2 rings (SSSR count). The van der Waals surface area contributed by atoms with Gasteiger partial charge in [0.2, 0.25) is 5.15 Å². The predicted molar refractivity (Wildman–Crippen MR) is 74.7 cm³/mol. The summed E-state index contributed by atoms with van der Waals surface area (Å²) >= 11 is 5.68. The summed E-state index contributed by atoms with van der Waals surface area (Å²) in [4.78, 5) is 26.0. The van der Waals surface area contributed by atoms with Crippen molar-refractivity contribution in [2.24, 2.45) is 11.8 Å². The zero-order valence-corrected chi connectivity index (χ0v) is 11.9. The largest absolute Gasteiger partial charge is 0.352 e. The summed E-state index contributed by atoms with van der Waals surface area (Å²) in [6, 6.07) is 1.32.